The Morgan fingerprint density at radius 1 is 1.33 bits per heavy atom. The molecule has 1 N–H and O–H groups in total. The lowest BCUT2D eigenvalue weighted by Gasteiger charge is -2.40. The van der Waals surface area contributed by atoms with E-state index in [2.05, 4.69) is 5.32 Å². The van der Waals surface area contributed by atoms with E-state index in [4.69, 9.17) is 9.47 Å². The highest BCUT2D eigenvalue weighted by Gasteiger charge is 2.42. The Bertz CT molecular complexity index is 456. The molecule has 1 aromatic carbocycles. The summed E-state index contributed by atoms with van der Waals surface area (Å²) in [5.41, 5.74) is 1.12. The van der Waals surface area contributed by atoms with Crippen LogP contribution in [0.5, 0.6) is 0 Å². The fraction of sp³-hybridized carbons (Fsp3) is 0.647. The van der Waals surface area contributed by atoms with Gasteiger partial charge in [-0.3, -0.25) is 0 Å². The van der Waals surface area contributed by atoms with Crippen molar-refractivity contribution in [1.82, 2.24) is 5.32 Å². The van der Waals surface area contributed by atoms with Gasteiger partial charge < -0.3 is 14.8 Å². The van der Waals surface area contributed by atoms with Crippen molar-refractivity contribution in [2.24, 2.45) is 5.92 Å². The van der Waals surface area contributed by atoms with Gasteiger partial charge in [0.25, 0.3) is 0 Å². The van der Waals surface area contributed by atoms with Crippen LogP contribution < -0.4 is 5.32 Å². The highest BCUT2D eigenvalue weighted by atomic mass is 19.1. The predicted molar refractivity (Wildman–Crippen MR) is 79.8 cm³/mol. The lowest BCUT2D eigenvalue weighted by molar-refractivity contribution is -0.102. The van der Waals surface area contributed by atoms with Crippen molar-refractivity contribution < 1.29 is 13.9 Å². The Hall–Kier alpha value is -0.970. The van der Waals surface area contributed by atoms with Gasteiger partial charge in [-0.25, -0.2) is 4.39 Å². The van der Waals surface area contributed by atoms with Gasteiger partial charge >= 0.3 is 0 Å². The number of ether oxygens (including phenoxy) is 2. The van der Waals surface area contributed by atoms with Crippen molar-refractivity contribution in [2.45, 2.75) is 37.3 Å². The molecule has 3 nitrogen and oxygen atoms in total. The minimum Gasteiger partial charge on any atom is -0.378 e. The molecule has 1 aromatic rings. The minimum atomic E-state index is -0.173. The molecule has 2 aliphatic rings. The molecule has 21 heavy (non-hydrogen) atoms. The fourth-order valence-corrected chi connectivity index (χ4v) is 3.65. The van der Waals surface area contributed by atoms with Gasteiger partial charge in [0, 0.05) is 25.7 Å². The Kier molecular flexibility index (Phi) is 4.57. The maximum absolute atomic E-state index is 13.0. The second kappa shape index (κ2) is 6.42. The first-order chi connectivity index (χ1) is 10.2. The van der Waals surface area contributed by atoms with E-state index in [-0.39, 0.29) is 11.4 Å². The van der Waals surface area contributed by atoms with Gasteiger partial charge in [-0.2, -0.15) is 0 Å². The summed E-state index contributed by atoms with van der Waals surface area (Å²) < 4.78 is 24.6. The largest absolute Gasteiger partial charge is 0.378 e. The topological polar surface area (TPSA) is 30.5 Å². The van der Waals surface area contributed by atoms with E-state index in [0.29, 0.717) is 12.0 Å². The van der Waals surface area contributed by atoms with Crippen molar-refractivity contribution in [1.29, 1.82) is 0 Å². The van der Waals surface area contributed by atoms with Crippen molar-refractivity contribution in [3.05, 3.63) is 35.6 Å². The van der Waals surface area contributed by atoms with E-state index in [1.807, 2.05) is 19.2 Å². The predicted octanol–water partition coefficient (Wildman–Crippen LogP) is 2.54. The zero-order chi connectivity index (χ0) is 14.7. The van der Waals surface area contributed by atoms with Crippen LogP contribution in [0.1, 0.15) is 24.8 Å². The lowest BCUT2D eigenvalue weighted by atomic mass is 9.79. The Balaban J connectivity index is 1.66. The van der Waals surface area contributed by atoms with E-state index in [1.165, 1.54) is 5.56 Å². The summed E-state index contributed by atoms with van der Waals surface area (Å²) in [6, 6.07) is 7.24. The average molecular weight is 293 g/mol. The summed E-state index contributed by atoms with van der Waals surface area (Å²) in [4.78, 5) is 0. The van der Waals surface area contributed by atoms with Crippen LogP contribution in [0.4, 0.5) is 4.39 Å². The van der Waals surface area contributed by atoms with Gasteiger partial charge in [-0.15, -0.1) is 0 Å². The zero-order valence-electron chi connectivity index (χ0n) is 12.6. The molecule has 0 radical (unpaired) electrons. The quantitative estimate of drug-likeness (QED) is 0.925. The van der Waals surface area contributed by atoms with Crippen LogP contribution in [-0.2, 0) is 15.9 Å². The van der Waals surface area contributed by atoms with E-state index in [9.17, 15) is 4.39 Å². The summed E-state index contributed by atoms with van der Waals surface area (Å²) in [6.07, 6.45) is 4.07. The van der Waals surface area contributed by atoms with Gasteiger partial charge in [-0.1, -0.05) is 12.1 Å². The van der Waals surface area contributed by atoms with Crippen LogP contribution in [0.3, 0.4) is 0 Å². The second-order valence-electron chi connectivity index (χ2n) is 6.31. The third-order valence-electron chi connectivity index (χ3n) is 4.91. The van der Waals surface area contributed by atoms with E-state index >= 15 is 0 Å². The number of hydrogen-bond donors (Lipinski definition) is 1. The molecule has 0 aromatic heterocycles. The number of nitrogens with one attached hydrogen (secondary N) is 1. The van der Waals surface area contributed by atoms with E-state index < -0.39 is 0 Å². The van der Waals surface area contributed by atoms with Crippen LogP contribution in [0, 0.1) is 11.7 Å². The van der Waals surface area contributed by atoms with Crippen molar-refractivity contribution in [3.63, 3.8) is 0 Å². The second-order valence-corrected chi connectivity index (χ2v) is 6.31. The van der Waals surface area contributed by atoms with Gasteiger partial charge in [0.05, 0.1) is 12.2 Å². The lowest BCUT2D eigenvalue weighted by Crippen LogP contribution is -2.47. The molecule has 0 bridgehead atoms. The summed E-state index contributed by atoms with van der Waals surface area (Å²) in [5.74, 6) is 0.406. The summed E-state index contributed by atoms with van der Waals surface area (Å²) in [5, 5.41) is 3.45. The Labute approximate surface area is 125 Å². The minimum absolute atomic E-state index is 0.0547. The molecule has 0 saturated carbocycles. The molecule has 2 aliphatic heterocycles. The van der Waals surface area contributed by atoms with Crippen LogP contribution in [0.25, 0.3) is 0 Å². The number of hydrogen-bond acceptors (Lipinski definition) is 3. The molecular weight excluding hydrogens is 269 g/mol. The molecule has 0 aliphatic carbocycles. The summed E-state index contributed by atoms with van der Waals surface area (Å²) >= 11 is 0. The van der Waals surface area contributed by atoms with Gasteiger partial charge in [0.15, 0.2) is 0 Å². The summed E-state index contributed by atoms with van der Waals surface area (Å²) in [6.45, 7) is 2.36. The molecule has 116 valence electrons. The SMILES string of the molecule is CNC(Cc1ccc(F)cc1)C1CCOC2(CCOC2)C1. The van der Waals surface area contributed by atoms with Crippen LogP contribution in [0.15, 0.2) is 24.3 Å². The molecule has 0 amide bonds. The standard InChI is InChI=1S/C17H24FNO2/c1-19-16(10-13-2-4-15(18)5-3-13)14-6-8-21-17(11-14)7-9-20-12-17/h2-5,14,16,19H,6-12H2,1H3. The zero-order valence-corrected chi connectivity index (χ0v) is 12.6. The molecule has 2 saturated heterocycles. The molecule has 3 unspecified atom stereocenters. The van der Waals surface area contributed by atoms with Crippen LogP contribution >= 0.6 is 0 Å². The Morgan fingerprint density at radius 2 is 2.14 bits per heavy atom. The highest BCUT2D eigenvalue weighted by molar-refractivity contribution is 5.17. The number of rotatable bonds is 4. The molecule has 2 heterocycles. The van der Waals surface area contributed by atoms with Gasteiger partial charge in [0.2, 0.25) is 0 Å². The maximum Gasteiger partial charge on any atom is 0.123 e. The van der Waals surface area contributed by atoms with Crippen LogP contribution in [0.2, 0.25) is 0 Å². The molecule has 3 rings (SSSR count). The van der Waals surface area contributed by atoms with Crippen molar-refractivity contribution in [2.75, 3.05) is 26.9 Å². The normalized spacial score (nSPS) is 30.7. The van der Waals surface area contributed by atoms with Gasteiger partial charge in [-0.05, 0) is 49.9 Å². The first-order valence-corrected chi connectivity index (χ1v) is 7.84. The number of halogens is 1. The molecular formula is C17H24FNO2. The average Bonchev–Trinajstić information content (AvgIpc) is 2.94. The highest BCUT2D eigenvalue weighted by Crippen LogP contribution is 2.37. The third-order valence-corrected chi connectivity index (χ3v) is 4.91. The fourth-order valence-electron chi connectivity index (χ4n) is 3.65. The molecule has 2 fully saturated rings. The number of benzene rings is 1. The monoisotopic (exact) mass is 293 g/mol. The smallest absolute Gasteiger partial charge is 0.123 e. The first kappa shape index (κ1) is 14.9. The van der Waals surface area contributed by atoms with Gasteiger partial charge in [0.1, 0.15) is 5.82 Å². The van der Waals surface area contributed by atoms with E-state index in [1.54, 1.807) is 12.1 Å². The first-order valence-electron chi connectivity index (χ1n) is 7.84. The maximum atomic E-state index is 13.0. The Morgan fingerprint density at radius 3 is 2.81 bits per heavy atom. The van der Waals surface area contributed by atoms with Crippen LogP contribution in [-0.4, -0.2) is 38.5 Å². The summed E-state index contributed by atoms with van der Waals surface area (Å²) in [7, 11) is 2.02. The molecule has 4 heteroatoms. The third kappa shape index (κ3) is 3.44. The molecule has 1 spiro atoms. The molecule has 3 atom stereocenters. The van der Waals surface area contributed by atoms with Crippen molar-refractivity contribution >= 4 is 0 Å². The number of likely N-dealkylation sites (N-methyl/N-ethyl adjacent to an activating group) is 1. The van der Waals surface area contributed by atoms with E-state index in [0.717, 1.165) is 45.5 Å². The van der Waals surface area contributed by atoms with Crippen molar-refractivity contribution in [3.8, 4) is 0 Å².